The third kappa shape index (κ3) is 4.86. The van der Waals surface area contributed by atoms with Gasteiger partial charge in [0.05, 0.1) is 12.8 Å². The third-order valence-corrected chi connectivity index (χ3v) is 4.20. The van der Waals surface area contributed by atoms with Crippen molar-refractivity contribution >= 4 is 29.1 Å². The van der Waals surface area contributed by atoms with Gasteiger partial charge in [0.25, 0.3) is 11.8 Å². The number of anilines is 1. The van der Waals surface area contributed by atoms with Crippen molar-refractivity contribution in [1.29, 1.82) is 0 Å². The van der Waals surface area contributed by atoms with E-state index in [2.05, 4.69) is 15.6 Å². The van der Waals surface area contributed by atoms with E-state index in [0.29, 0.717) is 28.6 Å². The Bertz CT molecular complexity index is 993. The van der Waals surface area contributed by atoms with Gasteiger partial charge in [-0.1, -0.05) is 41.9 Å². The summed E-state index contributed by atoms with van der Waals surface area (Å²) in [6.45, 7) is 0.392. The highest BCUT2D eigenvalue weighted by Gasteiger charge is 2.14. The number of nitrogens with zero attached hydrogens (tertiary/aromatic N) is 1. The maximum Gasteiger partial charge on any atom is 0.274 e. The summed E-state index contributed by atoms with van der Waals surface area (Å²) < 4.78 is 5.22. The summed E-state index contributed by atoms with van der Waals surface area (Å²) in [5.41, 5.74) is 1.85. The van der Waals surface area contributed by atoms with Crippen LogP contribution >= 0.6 is 11.6 Å². The fourth-order valence-electron chi connectivity index (χ4n) is 2.54. The Labute approximate surface area is 167 Å². The molecule has 0 radical (unpaired) electrons. The van der Waals surface area contributed by atoms with E-state index in [4.69, 9.17) is 16.3 Å². The lowest BCUT2D eigenvalue weighted by Crippen LogP contribution is -2.23. The Morgan fingerprint density at radius 1 is 1.04 bits per heavy atom. The fraction of sp³-hybridized carbons (Fsp3) is 0.0952. The molecule has 6 nitrogen and oxygen atoms in total. The van der Waals surface area contributed by atoms with Crippen LogP contribution in [0.25, 0.3) is 0 Å². The number of ether oxygens (including phenoxy) is 1. The number of amides is 2. The number of hydrogen-bond acceptors (Lipinski definition) is 4. The van der Waals surface area contributed by atoms with Crippen molar-refractivity contribution in [3.63, 3.8) is 0 Å². The second-order valence-corrected chi connectivity index (χ2v) is 6.33. The van der Waals surface area contributed by atoms with Crippen LogP contribution in [0.2, 0.25) is 5.02 Å². The number of aromatic nitrogens is 1. The Balaban J connectivity index is 1.71. The monoisotopic (exact) mass is 395 g/mol. The van der Waals surface area contributed by atoms with Gasteiger partial charge >= 0.3 is 0 Å². The van der Waals surface area contributed by atoms with Crippen LogP contribution < -0.4 is 15.4 Å². The average molecular weight is 396 g/mol. The second-order valence-electron chi connectivity index (χ2n) is 5.90. The summed E-state index contributed by atoms with van der Waals surface area (Å²) in [6, 6.07) is 17.4. The molecule has 28 heavy (non-hydrogen) atoms. The van der Waals surface area contributed by atoms with Crippen molar-refractivity contribution in [2.45, 2.75) is 6.54 Å². The summed E-state index contributed by atoms with van der Waals surface area (Å²) in [5, 5.41) is 5.98. The Morgan fingerprint density at radius 3 is 2.57 bits per heavy atom. The lowest BCUT2D eigenvalue weighted by molar-refractivity contribution is 0.0951. The molecule has 2 amide bonds. The zero-order valence-electron chi connectivity index (χ0n) is 15.1. The van der Waals surface area contributed by atoms with Gasteiger partial charge in [0.2, 0.25) is 0 Å². The van der Waals surface area contributed by atoms with Crippen LogP contribution in [0.1, 0.15) is 26.4 Å². The zero-order chi connectivity index (χ0) is 19.9. The number of methoxy groups -OCH3 is 1. The normalized spacial score (nSPS) is 10.2. The zero-order valence-corrected chi connectivity index (χ0v) is 15.9. The van der Waals surface area contributed by atoms with Crippen molar-refractivity contribution in [1.82, 2.24) is 10.3 Å². The first-order valence-corrected chi connectivity index (χ1v) is 8.87. The van der Waals surface area contributed by atoms with Crippen LogP contribution in [-0.2, 0) is 6.54 Å². The van der Waals surface area contributed by atoms with Gasteiger partial charge in [-0.05, 0) is 35.9 Å². The number of halogens is 1. The molecule has 0 unspecified atom stereocenters. The predicted molar refractivity (Wildman–Crippen MR) is 108 cm³/mol. The molecule has 0 saturated carbocycles. The lowest BCUT2D eigenvalue weighted by atomic mass is 10.2. The molecule has 142 valence electrons. The highest BCUT2D eigenvalue weighted by molar-refractivity contribution is 6.31. The highest BCUT2D eigenvalue weighted by Crippen LogP contribution is 2.28. The van der Waals surface area contributed by atoms with Crippen molar-refractivity contribution < 1.29 is 14.3 Å². The minimum absolute atomic E-state index is 0.106. The first-order chi connectivity index (χ1) is 13.6. The summed E-state index contributed by atoms with van der Waals surface area (Å²) in [4.78, 5) is 29.0. The van der Waals surface area contributed by atoms with E-state index in [0.717, 1.165) is 5.56 Å². The van der Waals surface area contributed by atoms with Gasteiger partial charge in [-0.2, -0.15) is 0 Å². The molecular formula is C21H18ClN3O3. The quantitative estimate of drug-likeness (QED) is 0.662. The van der Waals surface area contributed by atoms with E-state index >= 15 is 0 Å². The van der Waals surface area contributed by atoms with Gasteiger partial charge in [0.1, 0.15) is 11.4 Å². The summed E-state index contributed by atoms with van der Waals surface area (Å²) >= 11 is 5.98. The number of carbonyl (C=O) groups is 2. The molecule has 1 aromatic heterocycles. The maximum absolute atomic E-state index is 12.5. The van der Waals surface area contributed by atoms with Crippen molar-refractivity contribution in [3.8, 4) is 5.75 Å². The fourth-order valence-corrected chi connectivity index (χ4v) is 2.71. The van der Waals surface area contributed by atoms with Crippen molar-refractivity contribution in [2.24, 2.45) is 0 Å². The van der Waals surface area contributed by atoms with Crippen molar-refractivity contribution in [3.05, 3.63) is 88.7 Å². The number of benzene rings is 2. The Morgan fingerprint density at radius 2 is 1.82 bits per heavy atom. The molecule has 0 aliphatic carbocycles. The van der Waals surface area contributed by atoms with E-state index in [1.54, 1.807) is 24.3 Å². The van der Waals surface area contributed by atoms with E-state index in [9.17, 15) is 9.59 Å². The Hall–Kier alpha value is -3.38. The van der Waals surface area contributed by atoms with Crippen LogP contribution in [0.5, 0.6) is 5.75 Å². The molecule has 0 fully saturated rings. The number of carbonyl (C=O) groups excluding carboxylic acids is 2. The first kappa shape index (κ1) is 19.4. The van der Waals surface area contributed by atoms with Gasteiger partial charge in [0.15, 0.2) is 0 Å². The van der Waals surface area contributed by atoms with Gasteiger partial charge in [0, 0.05) is 23.3 Å². The molecule has 3 rings (SSSR count). The van der Waals surface area contributed by atoms with E-state index < -0.39 is 5.91 Å². The average Bonchev–Trinajstić information content (AvgIpc) is 2.73. The van der Waals surface area contributed by atoms with Crippen molar-refractivity contribution in [2.75, 3.05) is 12.4 Å². The number of hydrogen-bond donors (Lipinski definition) is 2. The number of nitrogens with one attached hydrogen (secondary N) is 2. The molecule has 0 aliphatic rings. The SMILES string of the molecule is COc1ccc(Cl)cc1NC(=O)c1cc(C(=O)NCc2ccccc2)ccn1. The van der Waals surface area contributed by atoms with E-state index in [1.807, 2.05) is 30.3 Å². The molecular weight excluding hydrogens is 378 g/mol. The predicted octanol–water partition coefficient (Wildman–Crippen LogP) is 3.93. The minimum atomic E-state index is -0.474. The molecule has 0 atom stereocenters. The summed E-state index contributed by atoms with van der Waals surface area (Å²) in [7, 11) is 1.49. The van der Waals surface area contributed by atoms with Crippen LogP contribution in [0.4, 0.5) is 5.69 Å². The van der Waals surface area contributed by atoms with E-state index in [1.165, 1.54) is 19.4 Å². The smallest absolute Gasteiger partial charge is 0.274 e. The van der Waals surface area contributed by atoms with Gasteiger partial charge in [-0.25, -0.2) is 0 Å². The molecule has 1 heterocycles. The van der Waals surface area contributed by atoms with Crippen LogP contribution in [0.15, 0.2) is 66.9 Å². The highest BCUT2D eigenvalue weighted by atomic mass is 35.5. The first-order valence-electron chi connectivity index (χ1n) is 8.50. The standard InChI is InChI=1S/C21H18ClN3O3/c1-28-19-8-7-16(22)12-17(19)25-21(27)18-11-15(9-10-23-18)20(26)24-13-14-5-3-2-4-6-14/h2-12H,13H2,1H3,(H,24,26)(H,25,27). The molecule has 3 aromatic rings. The third-order valence-electron chi connectivity index (χ3n) is 3.96. The Kier molecular flexibility index (Phi) is 6.24. The van der Waals surface area contributed by atoms with Gasteiger partial charge < -0.3 is 15.4 Å². The molecule has 2 aromatic carbocycles. The lowest BCUT2D eigenvalue weighted by Gasteiger charge is -2.11. The summed E-state index contributed by atoms with van der Waals surface area (Å²) in [5.74, 6) is -0.298. The maximum atomic E-state index is 12.5. The van der Waals surface area contributed by atoms with Crippen LogP contribution in [0.3, 0.4) is 0 Å². The van der Waals surface area contributed by atoms with E-state index in [-0.39, 0.29) is 11.6 Å². The van der Waals surface area contributed by atoms with Crippen LogP contribution in [0, 0.1) is 0 Å². The molecule has 7 heteroatoms. The second kappa shape index (κ2) is 9.01. The molecule has 0 aliphatic heterocycles. The topological polar surface area (TPSA) is 80.3 Å². The largest absolute Gasteiger partial charge is 0.495 e. The number of rotatable bonds is 6. The molecule has 0 spiro atoms. The minimum Gasteiger partial charge on any atom is -0.495 e. The molecule has 0 bridgehead atoms. The van der Waals surface area contributed by atoms with Gasteiger partial charge in [-0.15, -0.1) is 0 Å². The molecule has 2 N–H and O–H groups in total. The molecule has 0 saturated heterocycles. The van der Waals surface area contributed by atoms with Crippen LogP contribution in [-0.4, -0.2) is 23.9 Å². The summed E-state index contributed by atoms with van der Waals surface area (Å²) in [6.07, 6.45) is 1.42. The number of pyridine rings is 1. The van der Waals surface area contributed by atoms with Gasteiger partial charge in [-0.3, -0.25) is 14.6 Å².